The average molecular weight is 530 g/mol. The highest BCUT2D eigenvalue weighted by atomic mass is 32.2. The largest absolute Gasteiger partial charge is 0.489 e. The van der Waals surface area contributed by atoms with Gasteiger partial charge in [0.25, 0.3) is 11.1 Å². The molecule has 0 radical (unpaired) electrons. The number of carbonyl (C=O) groups is 3. The summed E-state index contributed by atoms with van der Waals surface area (Å²) in [5, 5.41) is 1.59. The van der Waals surface area contributed by atoms with E-state index in [4.69, 9.17) is 4.74 Å². The van der Waals surface area contributed by atoms with Gasteiger partial charge in [-0.2, -0.15) is 13.2 Å². The van der Waals surface area contributed by atoms with Gasteiger partial charge < -0.3 is 10.1 Å². The molecule has 0 spiro atoms. The first kappa shape index (κ1) is 26.0. The first-order valence-corrected chi connectivity index (χ1v) is 11.6. The molecule has 0 aliphatic carbocycles. The number of rotatable bonds is 7. The van der Waals surface area contributed by atoms with Crippen LogP contribution in [0.15, 0.2) is 77.7 Å². The van der Waals surface area contributed by atoms with Crippen LogP contribution in [-0.4, -0.2) is 28.5 Å². The summed E-state index contributed by atoms with van der Waals surface area (Å²) in [6, 6.07) is 16.8. The smallest absolute Gasteiger partial charge is 0.416 e. The second kappa shape index (κ2) is 10.9. The van der Waals surface area contributed by atoms with Crippen molar-refractivity contribution in [1.82, 2.24) is 4.90 Å². The van der Waals surface area contributed by atoms with Crippen LogP contribution in [0.5, 0.6) is 5.75 Å². The Kier molecular flexibility index (Phi) is 7.63. The topological polar surface area (TPSA) is 75.7 Å². The van der Waals surface area contributed by atoms with Crippen molar-refractivity contribution in [2.75, 3.05) is 11.9 Å². The predicted molar refractivity (Wildman–Crippen MR) is 130 cm³/mol. The van der Waals surface area contributed by atoms with Gasteiger partial charge in [-0.25, -0.2) is 4.39 Å². The molecule has 1 aliphatic rings. The van der Waals surface area contributed by atoms with Crippen LogP contribution < -0.4 is 10.1 Å². The fourth-order valence-corrected chi connectivity index (χ4v) is 4.18. The van der Waals surface area contributed by atoms with Gasteiger partial charge in [0.15, 0.2) is 0 Å². The zero-order valence-electron chi connectivity index (χ0n) is 18.9. The minimum Gasteiger partial charge on any atom is -0.489 e. The highest BCUT2D eigenvalue weighted by molar-refractivity contribution is 8.18. The molecule has 1 fully saturated rings. The number of hydrogen-bond acceptors (Lipinski definition) is 5. The fraction of sp³-hybridized carbons (Fsp3) is 0.115. The summed E-state index contributed by atoms with van der Waals surface area (Å²) < 4.78 is 57.9. The van der Waals surface area contributed by atoms with Crippen LogP contribution in [0, 0.1) is 5.82 Å². The highest BCUT2D eigenvalue weighted by Crippen LogP contribution is 2.33. The molecule has 0 saturated carbocycles. The number of hydrogen-bond donors (Lipinski definition) is 1. The summed E-state index contributed by atoms with van der Waals surface area (Å²) in [4.78, 5) is 38.1. The molecule has 0 bridgehead atoms. The number of halogens is 4. The number of ether oxygens (including phenoxy) is 1. The molecule has 1 saturated heterocycles. The summed E-state index contributed by atoms with van der Waals surface area (Å²) in [7, 11) is 0. The lowest BCUT2D eigenvalue weighted by Crippen LogP contribution is -2.36. The van der Waals surface area contributed by atoms with E-state index in [1.165, 1.54) is 18.2 Å². The maximum atomic E-state index is 13.7. The first-order chi connectivity index (χ1) is 17.6. The van der Waals surface area contributed by atoms with Crippen molar-refractivity contribution in [3.05, 3.63) is 100 Å². The van der Waals surface area contributed by atoms with Crippen LogP contribution in [-0.2, 0) is 22.4 Å². The van der Waals surface area contributed by atoms with Gasteiger partial charge in [-0.3, -0.25) is 19.3 Å². The monoisotopic (exact) mass is 530 g/mol. The molecule has 3 aromatic carbocycles. The molecule has 0 aromatic heterocycles. The molecule has 0 atom stereocenters. The number of carbonyl (C=O) groups excluding carboxylic acids is 3. The lowest BCUT2D eigenvalue weighted by atomic mass is 10.2. The van der Waals surface area contributed by atoms with Gasteiger partial charge in [0, 0.05) is 11.3 Å². The summed E-state index contributed by atoms with van der Waals surface area (Å²) >= 11 is 0.641. The van der Waals surface area contributed by atoms with E-state index in [1.54, 1.807) is 42.5 Å². The molecule has 4 rings (SSSR count). The van der Waals surface area contributed by atoms with Crippen molar-refractivity contribution in [1.29, 1.82) is 0 Å². The molecule has 37 heavy (non-hydrogen) atoms. The van der Waals surface area contributed by atoms with Gasteiger partial charge in [-0.1, -0.05) is 36.4 Å². The van der Waals surface area contributed by atoms with Crippen LogP contribution in [0.2, 0.25) is 0 Å². The Morgan fingerprint density at radius 3 is 2.43 bits per heavy atom. The summed E-state index contributed by atoms with van der Waals surface area (Å²) in [6.45, 7) is -0.617. The van der Waals surface area contributed by atoms with Crippen LogP contribution in [0.25, 0.3) is 6.08 Å². The number of alkyl halides is 3. The number of amides is 3. The van der Waals surface area contributed by atoms with Gasteiger partial charge in [0.2, 0.25) is 5.91 Å². The Morgan fingerprint density at radius 1 is 1.00 bits per heavy atom. The third-order valence-electron chi connectivity index (χ3n) is 5.18. The molecule has 190 valence electrons. The predicted octanol–water partition coefficient (Wildman–Crippen LogP) is 6.10. The van der Waals surface area contributed by atoms with E-state index in [9.17, 15) is 31.9 Å². The summed E-state index contributed by atoms with van der Waals surface area (Å²) in [5.41, 5.74) is -0.0720. The van der Waals surface area contributed by atoms with E-state index in [2.05, 4.69) is 5.32 Å². The van der Waals surface area contributed by atoms with Crippen molar-refractivity contribution in [2.24, 2.45) is 0 Å². The van der Waals surface area contributed by atoms with Gasteiger partial charge in [0.1, 0.15) is 24.7 Å². The van der Waals surface area contributed by atoms with E-state index in [-0.39, 0.29) is 23.0 Å². The highest BCUT2D eigenvalue weighted by Gasteiger charge is 2.36. The molecular formula is C26H18F4N2O4S. The first-order valence-electron chi connectivity index (χ1n) is 10.8. The number of nitrogens with zero attached hydrogens (tertiary/aromatic N) is 1. The van der Waals surface area contributed by atoms with E-state index >= 15 is 0 Å². The maximum absolute atomic E-state index is 13.7. The summed E-state index contributed by atoms with van der Waals surface area (Å²) in [6.07, 6.45) is -3.11. The fourth-order valence-electron chi connectivity index (χ4n) is 3.34. The van der Waals surface area contributed by atoms with Crippen LogP contribution in [0.3, 0.4) is 0 Å². The van der Waals surface area contributed by atoms with Crippen LogP contribution in [0.4, 0.5) is 28.0 Å². The van der Waals surface area contributed by atoms with Crippen molar-refractivity contribution in [2.45, 2.75) is 12.8 Å². The molecule has 3 aromatic rings. The zero-order chi connectivity index (χ0) is 26.6. The summed E-state index contributed by atoms with van der Waals surface area (Å²) in [5.74, 6) is -1.42. The standard InChI is InChI=1S/C26H18F4N2O4S/c27-21-7-2-1-4-17(21)15-36-20-10-8-16(9-11-20)12-22-24(34)32(25(35)37-22)14-23(33)31-19-6-3-5-18(13-19)26(28,29)30/h1-13H,14-15H2,(H,31,33)/b22-12-. The van der Waals surface area contributed by atoms with Crippen molar-refractivity contribution < 1.29 is 36.7 Å². The Hall–Kier alpha value is -4.12. The Balaban J connectivity index is 1.36. The van der Waals surface area contributed by atoms with Crippen molar-refractivity contribution in [3.63, 3.8) is 0 Å². The minimum atomic E-state index is -4.58. The molecule has 1 N–H and O–H groups in total. The van der Waals surface area contributed by atoms with Gasteiger partial charge in [-0.15, -0.1) is 0 Å². The molecule has 1 heterocycles. The lowest BCUT2D eigenvalue weighted by Gasteiger charge is -2.13. The van der Waals surface area contributed by atoms with Crippen LogP contribution in [0.1, 0.15) is 16.7 Å². The van der Waals surface area contributed by atoms with E-state index in [1.807, 2.05) is 0 Å². The second-order valence-electron chi connectivity index (χ2n) is 7.84. The quantitative estimate of drug-likeness (QED) is 0.295. The average Bonchev–Trinajstić information content (AvgIpc) is 3.11. The minimum absolute atomic E-state index is 0.0352. The second-order valence-corrected chi connectivity index (χ2v) is 8.84. The molecule has 11 heteroatoms. The number of thioether (sulfide) groups is 1. The number of benzene rings is 3. The molecule has 6 nitrogen and oxygen atoms in total. The van der Waals surface area contributed by atoms with Gasteiger partial charge >= 0.3 is 6.18 Å². The number of imide groups is 1. The lowest BCUT2D eigenvalue weighted by molar-refractivity contribution is -0.137. The molecule has 3 amide bonds. The molecular weight excluding hydrogens is 512 g/mol. The number of nitrogens with one attached hydrogen (secondary N) is 1. The zero-order valence-corrected chi connectivity index (χ0v) is 19.7. The van der Waals surface area contributed by atoms with Gasteiger partial charge in [0.05, 0.1) is 10.5 Å². The Labute approximate surface area is 212 Å². The normalized spacial score (nSPS) is 14.8. The molecule has 0 unspecified atom stereocenters. The Bertz CT molecular complexity index is 1370. The van der Waals surface area contributed by atoms with Gasteiger partial charge in [-0.05, 0) is 59.8 Å². The SMILES string of the molecule is O=C(CN1C(=O)S/C(=C\c2ccc(OCc3ccccc3F)cc2)C1=O)Nc1cccc(C(F)(F)F)c1. The number of anilines is 1. The third kappa shape index (κ3) is 6.56. The van der Waals surface area contributed by atoms with Crippen molar-refractivity contribution in [3.8, 4) is 5.75 Å². The third-order valence-corrected chi connectivity index (χ3v) is 6.09. The van der Waals surface area contributed by atoms with E-state index in [0.717, 1.165) is 18.2 Å². The maximum Gasteiger partial charge on any atom is 0.416 e. The molecule has 1 aliphatic heterocycles. The van der Waals surface area contributed by atoms with E-state index < -0.39 is 35.3 Å². The van der Waals surface area contributed by atoms with Crippen LogP contribution >= 0.6 is 11.8 Å². The van der Waals surface area contributed by atoms with Crippen molar-refractivity contribution >= 4 is 40.6 Å². The van der Waals surface area contributed by atoms with E-state index in [0.29, 0.717) is 33.5 Å². The Morgan fingerprint density at radius 2 is 1.73 bits per heavy atom.